The van der Waals surface area contributed by atoms with E-state index in [0.29, 0.717) is 5.88 Å². The molecule has 0 aliphatic rings. The molecule has 4 heteroatoms. The molecule has 15 heavy (non-hydrogen) atoms. The lowest BCUT2D eigenvalue weighted by atomic mass is 10.1. The van der Waals surface area contributed by atoms with Crippen LogP contribution in [0.2, 0.25) is 0 Å². The Morgan fingerprint density at radius 2 is 2.40 bits per heavy atom. The number of ether oxygens (including phenoxy) is 1. The molecule has 0 saturated heterocycles. The Morgan fingerprint density at radius 1 is 1.60 bits per heavy atom. The van der Waals surface area contributed by atoms with Crippen molar-refractivity contribution in [3.63, 3.8) is 0 Å². The van der Waals surface area contributed by atoms with Crippen molar-refractivity contribution >= 4 is 16.7 Å². The fourth-order valence-corrected chi connectivity index (χ4v) is 1.37. The minimum Gasteiger partial charge on any atom is -0.481 e. The fourth-order valence-electron chi connectivity index (χ4n) is 1.37. The molecule has 0 saturated carbocycles. The van der Waals surface area contributed by atoms with Crippen molar-refractivity contribution in [3.8, 4) is 5.88 Å². The number of hydrogen-bond donors (Lipinski definition) is 1. The summed E-state index contributed by atoms with van der Waals surface area (Å²) in [4.78, 5) is 15.0. The van der Waals surface area contributed by atoms with Gasteiger partial charge >= 0.3 is 0 Å². The van der Waals surface area contributed by atoms with E-state index >= 15 is 0 Å². The van der Waals surface area contributed by atoms with Crippen LogP contribution in [0.1, 0.15) is 10.5 Å². The number of carbonyl (C=O) groups is 1. The minimum atomic E-state index is -0.570. The third kappa shape index (κ3) is 1.61. The molecule has 0 aliphatic heterocycles. The smallest absolute Gasteiger partial charge is 0.267 e. The lowest BCUT2D eigenvalue weighted by molar-refractivity contribution is 0.0995. The van der Waals surface area contributed by atoms with Gasteiger partial charge in [0.15, 0.2) is 0 Å². The standard InChI is InChI=1S/C11H9N2O2/c1-15-11-8-5-3-2-4-7(8)6-9(13-11)10(12)14/h2-4,6H,1H3,(H2,12,14). The summed E-state index contributed by atoms with van der Waals surface area (Å²) in [5.74, 6) is -0.207. The van der Waals surface area contributed by atoms with E-state index in [1.165, 1.54) is 7.11 Å². The first kappa shape index (κ1) is 9.45. The van der Waals surface area contributed by atoms with E-state index in [-0.39, 0.29) is 5.69 Å². The Bertz CT molecular complexity index is 523. The molecule has 0 aliphatic carbocycles. The zero-order chi connectivity index (χ0) is 10.8. The average molecular weight is 201 g/mol. The molecule has 1 aromatic heterocycles. The van der Waals surface area contributed by atoms with Crippen LogP contribution in [0.15, 0.2) is 24.3 Å². The van der Waals surface area contributed by atoms with Gasteiger partial charge in [0.2, 0.25) is 5.88 Å². The summed E-state index contributed by atoms with van der Waals surface area (Å²) in [7, 11) is 1.49. The third-order valence-corrected chi connectivity index (χ3v) is 2.06. The van der Waals surface area contributed by atoms with Gasteiger partial charge in [0, 0.05) is 0 Å². The van der Waals surface area contributed by atoms with Crippen LogP contribution < -0.4 is 10.5 Å². The lowest BCUT2D eigenvalue weighted by Gasteiger charge is -2.05. The van der Waals surface area contributed by atoms with Gasteiger partial charge in [-0.2, -0.15) is 0 Å². The molecule has 2 rings (SSSR count). The zero-order valence-electron chi connectivity index (χ0n) is 8.15. The monoisotopic (exact) mass is 201 g/mol. The molecule has 1 amide bonds. The minimum absolute atomic E-state index is 0.193. The van der Waals surface area contributed by atoms with Crippen molar-refractivity contribution in [2.75, 3.05) is 7.11 Å². The third-order valence-electron chi connectivity index (χ3n) is 2.06. The number of pyridine rings is 1. The van der Waals surface area contributed by atoms with Crippen LogP contribution in [0.3, 0.4) is 0 Å². The molecule has 2 aromatic rings. The van der Waals surface area contributed by atoms with Crippen molar-refractivity contribution in [2.24, 2.45) is 5.73 Å². The fraction of sp³-hybridized carbons (Fsp3) is 0.0909. The number of amides is 1. The van der Waals surface area contributed by atoms with Gasteiger partial charge in [-0.3, -0.25) is 4.79 Å². The summed E-state index contributed by atoms with van der Waals surface area (Å²) in [6.45, 7) is 0. The number of primary amides is 1. The Balaban J connectivity index is 2.77. The molecule has 0 spiro atoms. The Hall–Kier alpha value is -2.10. The zero-order valence-corrected chi connectivity index (χ0v) is 8.15. The molecule has 4 nitrogen and oxygen atoms in total. The molecule has 1 heterocycles. The maximum absolute atomic E-state index is 11.0. The normalized spacial score (nSPS) is 10.2. The van der Waals surface area contributed by atoms with Crippen molar-refractivity contribution in [1.29, 1.82) is 0 Å². The first-order valence-corrected chi connectivity index (χ1v) is 4.37. The summed E-state index contributed by atoms with van der Waals surface area (Å²) in [6, 6.07) is 10.1. The summed E-state index contributed by atoms with van der Waals surface area (Å²) in [5, 5.41) is 1.57. The summed E-state index contributed by atoms with van der Waals surface area (Å²) >= 11 is 0. The van der Waals surface area contributed by atoms with E-state index in [2.05, 4.69) is 11.1 Å². The van der Waals surface area contributed by atoms with Crippen molar-refractivity contribution < 1.29 is 9.53 Å². The number of fused-ring (bicyclic) bond motifs is 1. The number of rotatable bonds is 2. The van der Waals surface area contributed by atoms with E-state index in [0.717, 1.165) is 10.8 Å². The van der Waals surface area contributed by atoms with Crippen molar-refractivity contribution in [2.45, 2.75) is 0 Å². The van der Waals surface area contributed by atoms with E-state index in [1.807, 2.05) is 12.1 Å². The number of nitrogens with zero attached hydrogens (tertiary/aromatic N) is 1. The molecule has 75 valence electrons. The van der Waals surface area contributed by atoms with E-state index in [4.69, 9.17) is 10.5 Å². The molecule has 0 atom stereocenters. The molecular weight excluding hydrogens is 192 g/mol. The lowest BCUT2D eigenvalue weighted by Crippen LogP contribution is -2.13. The van der Waals surface area contributed by atoms with Crippen LogP contribution in [-0.4, -0.2) is 18.0 Å². The van der Waals surface area contributed by atoms with Gasteiger partial charge in [-0.15, -0.1) is 0 Å². The van der Waals surface area contributed by atoms with Crippen molar-refractivity contribution in [1.82, 2.24) is 4.98 Å². The van der Waals surface area contributed by atoms with Gasteiger partial charge in [-0.1, -0.05) is 18.2 Å². The van der Waals surface area contributed by atoms with Crippen molar-refractivity contribution in [3.05, 3.63) is 36.0 Å². The topological polar surface area (TPSA) is 65.2 Å². The first-order chi connectivity index (χ1) is 7.22. The van der Waals surface area contributed by atoms with E-state index < -0.39 is 5.91 Å². The van der Waals surface area contributed by atoms with E-state index in [1.54, 1.807) is 12.1 Å². The Labute approximate surface area is 86.7 Å². The number of hydrogen-bond acceptors (Lipinski definition) is 3. The predicted molar refractivity (Wildman–Crippen MR) is 55.6 cm³/mol. The van der Waals surface area contributed by atoms with Crippen LogP contribution in [-0.2, 0) is 0 Å². The molecule has 0 unspecified atom stereocenters. The number of carbonyl (C=O) groups excluding carboxylic acids is 1. The molecule has 1 radical (unpaired) electrons. The number of aromatic nitrogens is 1. The largest absolute Gasteiger partial charge is 0.481 e. The quantitative estimate of drug-likeness (QED) is 0.792. The number of nitrogens with two attached hydrogens (primary N) is 1. The van der Waals surface area contributed by atoms with Gasteiger partial charge < -0.3 is 10.5 Å². The average Bonchev–Trinajstić information content (AvgIpc) is 2.27. The van der Waals surface area contributed by atoms with Crippen LogP contribution in [0.4, 0.5) is 0 Å². The summed E-state index contributed by atoms with van der Waals surface area (Å²) < 4.78 is 5.07. The van der Waals surface area contributed by atoms with Gasteiger partial charge in [0.05, 0.1) is 12.5 Å². The second-order valence-electron chi connectivity index (χ2n) is 3.02. The van der Waals surface area contributed by atoms with Gasteiger partial charge in [0.25, 0.3) is 5.91 Å². The Kier molecular flexibility index (Phi) is 2.25. The highest BCUT2D eigenvalue weighted by Crippen LogP contribution is 2.23. The molecule has 0 fully saturated rings. The highest BCUT2D eigenvalue weighted by atomic mass is 16.5. The molecular formula is C11H9N2O2. The highest BCUT2D eigenvalue weighted by Gasteiger charge is 2.09. The SMILES string of the molecule is COc1nc(C(N)=O)cc2ccc[c]c12. The van der Waals surface area contributed by atoms with Crippen LogP contribution in [0.25, 0.3) is 10.8 Å². The Morgan fingerprint density at radius 3 is 3.07 bits per heavy atom. The second kappa shape index (κ2) is 3.57. The molecule has 1 aromatic carbocycles. The summed E-state index contributed by atoms with van der Waals surface area (Å²) in [5.41, 5.74) is 5.35. The first-order valence-electron chi connectivity index (χ1n) is 4.37. The van der Waals surface area contributed by atoms with Gasteiger partial charge in [0.1, 0.15) is 5.69 Å². The second-order valence-corrected chi connectivity index (χ2v) is 3.02. The van der Waals surface area contributed by atoms with E-state index in [9.17, 15) is 4.79 Å². The highest BCUT2D eigenvalue weighted by molar-refractivity contribution is 5.97. The van der Waals surface area contributed by atoms with Crippen LogP contribution in [0.5, 0.6) is 5.88 Å². The number of benzene rings is 1. The molecule has 0 bridgehead atoms. The maximum Gasteiger partial charge on any atom is 0.267 e. The molecule has 2 N–H and O–H groups in total. The van der Waals surface area contributed by atoms with Gasteiger partial charge in [-0.05, 0) is 17.5 Å². The maximum atomic E-state index is 11.0. The van der Waals surface area contributed by atoms with Crippen LogP contribution in [0, 0.1) is 6.07 Å². The van der Waals surface area contributed by atoms with Gasteiger partial charge in [-0.25, -0.2) is 4.98 Å². The number of methoxy groups -OCH3 is 1. The summed E-state index contributed by atoms with van der Waals surface area (Å²) in [6.07, 6.45) is 0. The van der Waals surface area contributed by atoms with Crippen LogP contribution >= 0.6 is 0 Å². The predicted octanol–water partition coefficient (Wildman–Crippen LogP) is 1.14.